The number of piperidine rings is 2. The van der Waals surface area contributed by atoms with Crippen LogP contribution in [0.25, 0.3) is 0 Å². The Kier molecular flexibility index (Phi) is 20.0. The van der Waals surface area contributed by atoms with Gasteiger partial charge in [-0.05, 0) is 139 Å². The van der Waals surface area contributed by atoms with Crippen LogP contribution in [0.3, 0.4) is 0 Å². The standard InChI is InChI=1S/C30H39Cl2NO.C29H37Cl2NO3/c1-7-17-30(6)19-26(23-9-8-10-25(32)18-23)28(22-12-14-24(31)15-13-22)33(29(30)34)27(21(4)5)16-11-20(2)3;1-18(2)9-14-25(19(3)4)32-27(20-10-12-22(30)13-11-20)24(21-7-6-8-23(31)15-21)16-29(5,28(32)35)17-26(33)34/h7-10,12-15,18,20-21,26-28H,1,11,16-17,19H2,2-6H3;6-8,10-13,15,18-19,24-25,27H,9,14,16-17H2,1-5H3,(H,33,34)/t26-,27-,28-,30+;24-,25-,27-,29-/m11/s1. The summed E-state index contributed by atoms with van der Waals surface area (Å²) in [5.74, 6) is 0.813. The fraction of sp³-hybridized carbons (Fsp3) is 0.508. The largest absolute Gasteiger partial charge is 0.481 e. The molecule has 2 saturated heterocycles. The average molecular weight is 1020 g/mol. The van der Waals surface area contributed by atoms with E-state index in [1.165, 1.54) is 5.56 Å². The number of carbonyl (C=O) groups is 3. The molecule has 2 aliphatic rings. The van der Waals surface area contributed by atoms with Gasteiger partial charge in [-0.3, -0.25) is 14.4 Å². The molecule has 0 saturated carbocycles. The number of hydrogen-bond acceptors (Lipinski definition) is 3. The molecule has 6 rings (SSSR count). The van der Waals surface area contributed by atoms with E-state index in [0.29, 0.717) is 45.7 Å². The number of aliphatic carboxylic acids is 1. The van der Waals surface area contributed by atoms with Gasteiger partial charge in [0.1, 0.15) is 0 Å². The molecule has 0 aromatic heterocycles. The lowest BCUT2D eigenvalue weighted by Gasteiger charge is -2.53. The van der Waals surface area contributed by atoms with Crippen molar-refractivity contribution >= 4 is 64.2 Å². The highest BCUT2D eigenvalue weighted by atomic mass is 35.5. The zero-order valence-corrected chi connectivity index (χ0v) is 45.6. The van der Waals surface area contributed by atoms with Gasteiger partial charge in [-0.15, -0.1) is 6.58 Å². The molecular weight excluding hydrogens is 942 g/mol. The van der Waals surface area contributed by atoms with Crippen molar-refractivity contribution in [2.45, 2.75) is 157 Å². The highest BCUT2D eigenvalue weighted by Crippen LogP contribution is 2.55. The molecule has 6 nitrogen and oxygen atoms in total. The van der Waals surface area contributed by atoms with Crippen molar-refractivity contribution in [3.63, 3.8) is 0 Å². The third-order valence-electron chi connectivity index (χ3n) is 14.7. The Bertz CT molecular complexity index is 2350. The Morgan fingerprint density at radius 3 is 1.30 bits per heavy atom. The van der Waals surface area contributed by atoms with Crippen LogP contribution in [-0.2, 0) is 14.4 Å². The smallest absolute Gasteiger partial charge is 0.304 e. The molecular formula is C59H76Cl4N2O4. The maximum atomic E-state index is 14.3. The highest BCUT2D eigenvalue weighted by Gasteiger charge is 2.54. The number of nitrogens with zero attached hydrogens (tertiary/aromatic N) is 2. The van der Waals surface area contributed by atoms with E-state index in [2.05, 4.69) is 98.1 Å². The van der Waals surface area contributed by atoms with Gasteiger partial charge >= 0.3 is 5.97 Å². The molecule has 2 fully saturated rings. The van der Waals surface area contributed by atoms with Crippen LogP contribution in [0.1, 0.15) is 167 Å². The first-order valence-electron chi connectivity index (χ1n) is 25.0. The quantitative estimate of drug-likeness (QED) is 0.101. The van der Waals surface area contributed by atoms with Crippen LogP contribution >= 0.6 is 46.4 Å². The lowest BCUT2D eigenvalue weighted by Crippen LogP contribution is -2.57. The number of carboxylic acid groups (broad SMARTS) is 1. The topological polar surface area (TPSA) is 77.9 Å². The van der Waals surface area contributed by atoms with Gasteiger partial charge in [0.25, 0.3) is 0 Å². The van der Waals surface area contributed by atoms with E-state index in [1.54, 1.807) is 0 Å². The van der Waals surface area contributed by atoms with Crippen molar-refractivity contribution in [3.05, 3.63) is 152 Å². The molecule has 2 heterocycles. The van der Waals surface area contributed by atoms with E-state index >= 15 is 0 Å². The molecule has 10 heteroatoms. The van der Waals surface area contributed by atoms with Crippen molar-refractivity contribution in [1.29, 1.82) is 0 Å². The molecule has 0 unspecified atom stereocenters. The van der Waals surface area contributed by atoms with Gasteiger partial charge in [0.2, 0.25) is 11.8 Å². The van der Waals surface area contributed by atoms with E-state index < -0.39 is 16.8 Å². The first-order chi connectivity index (χ1) is 32.5. The number of hydrogen-bond donors (Lipinski definition) is 1. The summed E-state index contributed by atoms with van der Waals surface area (Å²) in [6, 6.07) is 31.4. The van der Waals surface area contributed by atoms with Crippen molar-refractivity contribution in [3.8, 4) is 0 Å². The molecule has 0 aliphatic carbocycles. The second-order valence-electron chi connectivity index (χ2n) is 21.9. The van der Waals surface area contributed by atoms with Crippen LogP contribution in [0.4, 0.5) is 0 Å². The first kappa shape index (κ1) is 56.1. The van der Waals surface area contributed by atoms with E-state index in [0.717, 1.165) is 53.8 Å². The molecule has 0 radical (unpaired) electrons. The molecule has 2 aliphatic heterocycles. The maximum Gasteiger partial charge on any atom is 0.304 e. The van der Waals surface area contributed by atoms with Gasteiger partial charge in [0, 0.05) is 44.0 Å². The first-order valence-corrected chi connectivity index (χ1v) is 26.5. The van der Waals surface area contributed by atoms with Crippen molar-refractivity contribution in [1.82, 2.24) is 9.80 Å². The van der Waals surface area contributed by atoms with E-state index in [1.807, 2.05) is 90.7 Å². The van der Waals surface area contributed by atoms with Crippen LogP contribution in [0.5, 0.6) is 0 Å². The van der Waals surface area contributed by atoms with Crippen LogP contribution in [0.2, 0.25) is 20.1 Å². The third kappa shape index (κ3) is 14.0. The van der Waals surface area contributed by atoms with Crippen LogP contribution in [0, 0.1) is 34.5 Å². The van der Waals surface area contributed by atoms with E-state index in [4.69, 9.17) is 46.4 Å². The van der Waals surface area contributed by atoms with Gasteiger partial charge in [0.05, 0.1) is 29.3 Å². The number of halogens is 4. The fourth-order valence-electron chi connectivity index (χ4n) is 11.1. The summed E-state index contributed by atoms with van der Waals surface area (Å²) in [5.41, 5.74) is 2.78. The second kappa shape index (κ2) is 24.5. The van der Waals surface area contributed by atoms with Crippen molar-refractivity contribution in [2.75, 3.05) is 0 Å². The minimum absolute atomic E-state index is 0.0271. The number of rotatable bonds is 18. The molecule has 0 bridgehead atoms. The van der Waals surface area contributed by atoms with Gasteiger partial charge < -0.3 is 14.9 Å². The Labute approximate surface area is 434 Å². The number of amides is 2. The molecule has 8 atom stereocenters. The summed E-state index contributed by atoms with van der Waals surface area (Å²) >= 11 is 25.4. The molecule has 0 spiro atoms. The zero-order chi connectivity index (χ0) is 51.0. The van der Waals surface area contributed by atoms with Gasteiger partial charge in [-0.25, -0.2) is 0 Å². The van der Waals surface area contributed by atoms with Crippen LogP contribution < -0.4 is 0 Å². The Hall–Kier alpha value is -3.81. The minimum Gasteiger partial charge on any atom is -0.481 e. The van der Waals surface area contributed by atoms with Gasteiger partial charge in [0.15, 0.2) is 0 Å². The Morgan fingerprint density at radius 1 is 0.594 bits per heavy atom. The van der Waals surface area contributed by atoms with Crippen molar-refractivity contribution in [2.24, 2.45) is 34.5 Å². The predicted molar refractivity (Wildman–Crippen MR) is 288 cm³/mol. The van der Waals surface area contributed by atoms with Gasteiger partial charge in [-0.1, -0.05) is 170 Å². The molecule has 4 aromatic carbocycles. The number of likely N-dealkylation sites (tertiary alicyclic amines) is 2. The SMILES string of the molecule is C=CC[C@@]1(C)C[C@H](c2cccc(Cl)c2)[C@@H](c2ccc(Cl)cc2)N([C@H](CCC(C)C)C(C)C)C1=O.CC(C)CC[C@H](C(C)C)N1C(=O)[C@@](C)(CC(=O)O)C[C@H](c2cccc(Cl)c2)[C@H]1c1ccc(Cl)cc1. The number of benzene rings is 4. The lowest BCUT2D eigenvalue weighted by molar-refractivity contribution is -0.162. The molecule has 4 aromatic rings. The minimum atomic E-state index is -1.02. The lowest BCUT2D eigenvalue weighted by atomic mass is 9.66. The average Bonchev–Trinajstić information content (AvgIpc) is 3.27. The van der Waals surface area contributed by atoms with Crippen LogP contribution in [0.15, 0.2) is 110 Å². The van der Waals surface area contributed by atoms with Gasteiger partial charge in [-0.2, -0.15) is 0 Å². The maximum absolute atomic E-state index is 14.3. The number of allylic oxidation sites excluding steroid dienone is 1. The molecule has 69 heavy (non-hydrogen) atoms. The Balaban J connectivity index is 0.000000258. The Morgan fingerprint density at radius 2 is 0.971 bits per heavy atom. The molecule has 374 valence electrons. The van der Waals surface area contributed by atoms with Crippen LogP contribution in [-0.4, -0.2) is 44.8 Å². The molecule has 2 amide bonds. The van der Waals surface area contributed by atoms with E-state index in [-0.39, 0.29) is 60.2 Å². The summed E-state index contributed by atoms with van der Waals surface area (Å²) in [5, 5.41) is 12.5. The summed E-state index contributed by atoms with van der Waals surface area (Å²) in [7, 11) is 0. The second-order valence-corrected chi connectivity index (χ2v) is 23.6. The zero-order valence-electron chi connectivity index (χ0n) is 42.5. The predicted octanol–water partition coefficient (Wildman–Crippen LogP) is 17.1. The highest BCUT2D eigenvalue weighted by molar-refractivity contribution is 6.31. The normalized spacial score (nSPS) is 23.9. The number of carboxylic acids is 1. The summed E-state index contributed by atoms with van der Waals surface area (Å²) in [6.07, 6.45) is 7.43. The third-order valence-corrected chi connectivity index (χ3v) is 15.6. The fourth-order valence-corrected chi connectivity index (χ4v) is 11.7. The summed E-state index contributed by atoms with van der Waals surface area (Å²) in [6.45, 7) is 25.6. The molecule has 1 N–H and O–H groups in total. The monoisotopic (exact) mass is 1020 g/mol. The van der Waals surface area contributed by atoms with E-state index in [9.17, 15) is 19.5 Å². The summed E-state index contributed by atoms with van der Waals surface area (Å²) < 4.78 is 0. The summed E-state index contributed by atoms with van der Waals surface area (Å²) in [4.78, 5) is 44.8. The van der Waals surface area contributed by atoms with Crippen molar-refractivity contribution < 1.29 is 19.5 Å². The number of carbonyl (C=O) groups excluding carboxylic acids is 2.